The minimum atomic E-state index is -1.52. The molecule has 0 aromatic carbocycles. The van der Waals surface area contributed by atoms with Crippen molar-refractivity contribution in [3.8, 4) is 0 Å². The number of unbranched alkanes of at least 4 members (excludes halogenated alkanes) is 12. The van der Waals surface area contributed by atoms with E-state index in [4.69, 9.17) is 28.8 Å². The third-order valence-corrected chi connectivity index (χ3v) is 6.84. The average molecular weight is 749 g/mol. The number of carbonyl (C=O) groups is 1. The fraction of sp³-hybridized carbons (Fsp3) is 0.974. The highest BCUT2D eigenvalue weighted by Crippen LogP contribution is 2.22. The number of carbonyl (C=O) groups excluding carboxylic acids is 1. The fourth-order valence-electron chi connectivity index (χ4n) is 4.45. The van der Waals surface area contributed by atoms with Crippen molar-refractivity contribution in [2.24, 2.45) is 0 Å². The molecule has 1 heterocycles. The summed E-state index contributed by atoms with van der Waals surface area (Å²) in [5.41, 5.74) is 0. The van der Waals surface area contributed by atoms with Gasteiger partial charge in [-0.3, -0.25) is 4.79 Å². The van der Waals surface area contributed by atoms with Crippen LogP contribution in [0.25, 0.3) is 0 Å². The maximum Gasteiger partial charge on any atom is 0.306 e. The van der Waals surface area contributed by atoms with Crippen molar-refractivity contribution in [2.75, 3.05) is 62.0 Å². The zero-order valence-corrected chi connectivity index (χ0v) is 35.5. The molecular formula is C39H88O12. The lowest BCUT2D eigenvalue weighted by Gasteiger charge is -2.39. The summed E-state index contributed by atoms with van der Waals surface area (Å²) in [7, 11) is 7.44. The number of aliphatic hydroxyl groups excluding tert-OH is 5. The molecule has 5 N–H and O–H groups in total. The van der Waals surface area contributed by atoms with Crippen LogP contribution in [0.1, 0.15) is 152 Å². The van der Waals surface area contributed by atoms with Gasteiger partial charge in [-0.15, -0.1) is 0 Å². The number of methoxy groups -OCH3 is 3. The second-order valence-electron chi connectivity index (χ2n) is 11.0. The second-order valence-corrected chi connectivity index (χ2v) is 11.0. The molecule has 1 aliphatic heterocycles. The van der Waals surface area contributed by atoms with Crippen molar-refractivity contribution in [2.45, 2.75) is 189 Å². The smallest absolute Gasteiger partial charge is 0.306 e. The van der Waals surface area contributed by atoms with E-state index in [1.807, 2.05) is 41.5 Å². The molecule has 12 nitrogen and oxygen atoms in total. The number of ether oxygens (including phenoxy) is 6. The third kappa shape index (κ3) is 43.4. The molecule has 0 radical (unpaired) electrons. The Morgan fingerprint density at radius 2 is 1.06 bits per heavy atom. The first-order chi connectivity index (χ1) is 24.8. The number of hydrogen-bond donors (Lipinski definition) is 5. The quantitative estimate of drug-likeness (QED) is 0.0545. The molecule has 1 aliphatic rings. The first-order valence-corrected chi connectivity index (χ1v) is 19.7. The molecule has 0 spiro atoms. The van der Waals surface area contributed by atoms with Crippen LogP contribution in [0.4, 0.5) is 0 Å². The van der Waals surface area contributed by atoms with Gasteiger partial charge in [-0.05, 0) is 12.8 Å². The molecule has 0 aromatic heterocycles. The maximum atomic E-state index is 12.2. The van der Waals surface area contributed by atoms with Crippen LogP contribution in [-0.4, -0.2) is 130 Å². The first-order valence-electron chi connectivity index (χ1n) is 19.7. The monoisotopic (exact) mass is 749 g/mol. The van der Waals surface area contributed by atoms with Crippen LogP contribution in [0.15, 0.2) is 0 Å². The predicted octanol–water partition coefficient (Wildman–Crippen LogP) is 6.83. The van der Waals surface area contributed by atoms with Crippen molar-refractivity contribution in [1.29, 1.82) is 0 Å². The number of rotatable bonds is 23. The number of aliphatic hydroxyl groups is 5. The van der Waals surface area contributed by atoms with Crippen LogP contribution in [0, 0.1) is 0 Å². The van der Waals surface area contributed by atoms with E-state index in [0.717, 1.165) is 39.4 Å². The molecule has 1 fully saturated rings. The van der Waals surface area contributed by atoms with Gasteiger partial charge in [-0.25, -0.2) is 0 Å². The van der Waals surface area contributed by atoms with Gasteiger partial charge in [0.15, 0.2) is 6.29 Å². The summed E-state index contributed by atoms with van der Waals surface area (Å²) in [5, 5.41) is 46.0. The SMILES string of the molecule is CC.CC.CC.CCCCCCCCCCCCCCCC(=O)OC(COC)COC1OC(CO)C(O)C(O)C1O.CCCOC.CO.COC. The van der Waals surface area contributed by atoms with Crippen molar-refractivity contribution in [3.05, 3.63) is 0 Å². The largest absolute Gasteiger partial charge is 0.457 e. The highest BCUT2D eigenvalue weighted by atomic mass is 16.7. The summed E-state index contributed by atoms with van der Waals surface area (Å²) in [5.74, 6) is -0.340. The molecule has 0 aromatic rings. The van der Waals surface area contributed by atoms with Gasteiger partial charge in [0.05, 0.1) is 19.8 Å². The summed E-state index contributed by atoms with van der Waals surface area (Å²) >= 11 is 0. The van der Waals surface area contributed by atoms with Gasteiger partial charge >= 0.3 is 5.97 Å². The zero-order valence-electron chi connectivity index (χ0n) is 35.5. The van der Waals surface area contributed by atoms with Gasteiger partial charge in [0.1, 0.15) is 30.5 Å². The van der Waals surface area contributed by atoms with Gasteiger partial charge in [0.2, 0.25) is 0 Å². The van der Waals surface area contributed by atoms with Crippen LogP contribution in [0.2, 0.25) is 0 Å². The molecule has 51 heavy (non-hydrogen) atoms. The number of esters is 1. The van der Waals surface area contributed by atoms with E-state index < -0.39 is 43.4 Å². The highest BCUT2D eigenvalue weighted by Gasteiger charge is 2.44. The van der Waals surface area contributed by atoms with E-state index in [1.165, 1.54) is 71.3 Å². The molecular weight excluding hydrogens is 660 g/mol. The normalized spacial score (nSPS) is 19.1. The molecule has 0 amide bonds. The third-order valence-electron chi connectivity index (χ3n) is 6.84. The fourth-order valence-corrected chi connectivity index (χ4v) is 4.45. The summed E-state index contributed by atoms with van der Waals surface area (Å²) in [6.07, 6.45) is 9.97. The Balaban J connectivity index is -0.000000270. The first kappa shape index (κ1) is 62.1. The van der Waals surface area contributed by atoms with Crippen LogP contribution in [-0.2, 0) is 33.2 Å². The lowest BCUT2D eigenvalue weighted by molar-refractivity contribution is -0.305. The van der Waals surface area contributed by atoms with E-state index in [2.05, 4.69) is 18.6 Å². The molecule has 6 atom stereocenters. The summed E-state index contributed by atoms with van der Waals surface area (Å²) < 4.78 is 30.2. The van der Waals surface area contributed by atoms with Crippen molar-refractivity contribution in [1.82, 2.24) is 0 Å². The Kier molecular flexibility index (Phi) is 67.9. The summed E-state index contributed by atoms with van der Waals surface area (Å²) in [6, 6.07) is 0. The number of hydrogen-bond acceptors (Lipinski definition) is 12. The molecule has 6 unspecified atom stereocenters. The van der Waals surface area contributed by atoms with Crippen molar-refractivity contribution < 1.29 is 58.7 Å². The highest BCUT2D eigenvalue weighted by molar-refractivity contribution is 5.69. The maximum absolute atomic E-state index is 12.2. The van der Waals surface area contributed by atoms with E-state index in [0.29, 0.717) is 6.42 Å². The summed E-state index contributed by atoms with van der Waals surface area (Å²) in [6.45, 7) is 16.7. The molecule has 1 saturated heterocycles. The second kappa shape index (κ2) is 55.8. The standard InChI is InChI=1S/C26H50O9.C4H10O.C2H6O.3C2H6.CH4O/c1-3-4-5-6-7-8-9-10-11-12-13-14-15-16-22(28)34-20(18-32-2)19-33-26-25(31)24(30)23(29)21(17-27)35-26;1-3-4-5-2;1-3-2;4*1-2/h20-21,23-27,29-31H,3-19H2,1-2H3;3-4H2,1-2H3;1-2H3;3*1-2H3;2H,1H3. The van der Waals surface area contributed by atoms with Gasteiger partial charge < -0.3 is 54.0 Å². The van der Waals surface area contributed by atoms with Crippen molar-refractivity contribution in [3.63, 3.8) is 0 Å². The van der Waals surface area contributed by atoms with Crippen molar-refractivity contribution >= 4 is 5.97 Å². The van der Waals surface area contributed by atoms with Gasteiger partial charge in [0, 0.05) is 48.6 Å². The van der Waals surface area contributed by atoms with E-state index in [1.54, 1.807) is 21.3 Å². The molecule has 1 rings (SSSR count). The molecule has 0 bridgehead atoms. The Hall–Kier alpha value is -0.930. The Morgan fingerprint density at radius 1 is 0.627 bits per heavy atom. The van der Waals surface area contributed by atoms with Crippen LogP contribution in [0.5, 0.6) is 0 Å². The van der Waals surface area contributed by atoms with Crippen LogP contribution < -0.4 is 0 Å². The lowest BCUT2D eigenvalue weighted by atomic mass is 9.99. The van der Waals surface area contributed by atoms with E-state index >= 15 is 0 Å². The van der Waals surface area contributed by atoms with Crippen LogP contribution >= 0.6 is 0 Å². The molecule has 12 heteroatoms. The summed E-state index contributed by atoms with van der Waals surface area (Å²) in [4.78, 5) is 12.2. The zero-order chi connectivity index (χ0) is 40.7. The molecule has 316 valence electrons. The van der Waals surface area contributed by atoms with E-state index in [-0.39, 0.29) is 19.2 Å². The van der Waals surface area contributed by atoms with Gasteiger partial charge in [-0.1, -0.05) is 132 Å². The van der Waals surface area contributed by atoms with Gasteiger partial charge in [0.25, 0.3) is 0 Å². The Bertz CT molecular complexity index is 582. The minimum absolute atomic E-state index is 0.0990. The predicted molar refractivity (Wildman–Crippen MR) is 209 cm³/mol. The average Bonchev–Trinajstić information content (AvgIpc) is 3.16. The lowest BCUT2D eigenvalue weighted by Crippen LogP contribution is -2.59. The Labute approximate surface area is 314 Å². The van der Waals surface area contributed by atoms with Crippen LogP contribution in [0.3, 0.4) is 0 Å². The molecule has 0 saturated carbocycles. The minimum Gasteiger partial charge on any atom is -0.457 e. The Morgan fingerprint density at radius 3 is 1.41 bits per heavy atom. The topological polar surface area (TPSA) is 174 Å². The molecule has 0 aliphatic carbocycles. The van der Waals surface area contributed by atoms with Gasteiger partial charge in [-0.2, -0.15) is 0 Å². The van der Waals surface area contributed by atoms with E-state index in [9.17, 15) is 25.2 Å².